The van der Waals surface area contributed by atoms with E-state index >= 15 is 0 Å². The molecule has 4 nitrogen and oxygen atoms in total. The maximum atomic E-state index is 5.96. The summed E-state index contributed by atoms with van der Waals surface area (Å²) in [5, 5.41) is 3.23. The second-order valence-corrected chi connectivity index (χ2v) is 5.98. The minimum absolute atomic E-state index is 0.0192. The summed E-state index contributed by atoms with van der Waals surface area (Å²) < 4.78 is 5.96. The number of ether oxygens (including phenoxy) is 1. The van der Waals surface area contributed by atoms with Crippen LogP contribution in [0.5, 0.6) is 11.6 Å². The molecule has 2 rings (SSSR count). The predicted octanol–water partition coefficient (Wildman–Crippen LogP) is 3.68. The normalized spacial score (nSPS) is 11.4. The van der Waals surface area contributed by atoms with Gasteiger partial charge in [-0.1, -0.05) is 45.9 Å². The number of hydrogen-bond donors (Lipinski definition) is 1. The molecule has 0 radical (unpaired) electrons. The fourth-order valence-corrected chi connectivity index (χ4v) is 2.06. The van der Waals surface area contributed by atoms with Gasteiger partial charge in [0.2, 0.25) is 5.88 Å². The molecule has 0 amide bonds. The molecular formula is C17H23N3O. The maximum absolute atomic E-state index is 5.96. The van der Waals surface area contributed by atoms with E-state index in [0.29, 0.717) is 12.4 Å². The minimum Gasteiger partial charge on any atom is -0.437 e. The van der Waals surface area contributed by atoms with Gasteiger partial charge in [-0.2, -0.15) is 0 Å². The summed E-state index contributed by atoms with van der Waals surface area (Å²) in [5.74, 6) is 1.36. The van der Waals surface area contributed by atoms with Crippen LogP contribution >= 0.6 is 0 Å². The molecule has 0 bridgehead atoms. The van der Waals surface area contributed by atoms with Crippen molar-refractivity contribution < 1.29 is 4.74 Å². The summed E-state index contributed by atoms with van der Waals surface area (Å²) in [6.07, 6.45) is 3.40. The highest BCUT2D eigenvalue weighted by Gasteiger charge is 2.19. The molecule has 0 unspecified atom stereocenters. The Bertz CT molecular complexity index is 591. The fraction of sp³-hybridized carbons (Fsp3) is 0.412. The Balaban J connectivity index is 2.23. The first-order chi connectivity index (χ1) is 10.0. The van der Waals surface area contributed by atoms with Gasteiger partial charge in [-0.3, -0.25) is 4.98 Å². The van der Waals surface area contributed by atoms with Crippen LogP contribution in [-0.4, -0.2) is 16.5 Å². The van der Waals surface area contributed by atoms with Crippen LogP contribution in [0.2, 0.25) is 0 Å². The van der Waals surface area contributed by atoms with Crippen LogP contribution in [0.15, 0.2) is 36.7 Å². The Morgan fingerprint density at radius 1 is 1.14 bits per heavy atom. The van der Waals surface area contributed by atoms with Gasteiger partial charge < -0.3 is 10.1 Å². The Morgan fingerprint density at radius 2 is 1.90 bits per heavy atom. The monoisotopic (exact) mass is 285 g/mol. The number of nitrogens with zero attached hydrogens (tertiary/aromatic N) is 2. The van der Waals surface area contributed by atoms with E-state index in [1.807, 2.05) is 18.2 Å². The molecule has 1 aromatic carbocycles. The van der Waals surface area contributed by atoms with Gasteiger partial charge in [-0.05, 0) is 18.0 Å². The molecule has 4 heteroatoms. The molecule has 1 aromatic heterocycles. The molecule has 21 heavy (non-hydrogen) atoms. The number of rotatable bonds is 5. The highest BCUT2D eigenvalue weighted by atomic mass is 16.5. The van der Waals surface area contributed by atoms with Crippen molar-refractivity contribution in [3.8, 4) is 11.6 Å². The molecule has 112 valence electrons. The zero-order valence-electron chi connectivity index (χ0n) is 13.2. The van der Waals surface area contributed by atoms with E-state index in [4.69, 9.17) is 4.74 Å². The second kappa shape index (κ2) is 6.68. The number of para-hydroxylation sites is 1. The summed E-state index contributed by atoms with van der Waals surface area (Å²) in [4.78, 5) is 8.68. The number of hydrogen-bond acceptors (Lipinski definition) is 4. The summed E-state index contributed by atoms with van der Waals surface area (Å²) >= 11 is 0. The van der Waals surface area contributed by atoms with Crippen LogP contribution in [0.1, 0.15) is 39.0 Å². The fourth-order valence-electron chi connectivity index (χ4n) is 2.06. The molecule has 1 heterocycles. The van der Waals surface area contributed by atoms with Crippen molar-refractivity contribution in [1.29, 1.82) is 0 Å². The molecule has 0 fully saturated rings. The molecule has 0 aliphatic carbocycles. The second-order valence-electron chi connectivity index (χ2n) is 5.98. The van der Waals surface area contributed by atoms with Gasteiger partial charge in [-0.25, -0.2) is 4.98 Å². The third kappa shape index (κ3) is 4.26. The van der Waals surface area contributed by atoms with Crippen LogP contribution < -0.4 is 10.1 Å². The Kier molecular flexibility index (Phi) is 4.91. The number of nitrogens with one attached hydrogen (secondary N) is 1. The van der Waals surface area contributed by atoms with Gasteiger partial charge in [0, 0.05) is 18.3 Å². The van der Waals surface area contributed by atoms with Crippen LogP contribution in [-0.2, 0) is 12.0 Å². The van der Waals surface area contributed by atoms with Crippen LogP contribution in [0, 0.1) is 0 Å². The molecule has 2 aromatic rings. The Hall–Kier alpha value is -1.94. The molecule has 0 aliphatic rings. The minimum atomic E-state index is 0.0192. The van der Waals surface area contributed by atoms with E-state index in [9.17, 15) is 0 Å². The summed E-state index contributed by atoms with van der Waals surface area (Å²) in [6, 6.07) is 8.06. The molecule has 0 saturated carbocycles. The van der Waals surface area contributed by atoms with Gasteiger partial charge in [0.05, 0.1) is 11.9 Å². The van der Waals surface area contributed by atoms with Crippen LogP contribution in [0.25, 0.3) is 0 Å². The average molecular weight is 285 g/mol. The smallest absolute Gasteiger partial charge is 0.238 e. The lowest BCUT2D eigenvalue weighted by Crippen LogP contribution is -2.14. The lowest BCUT2D eigenvalue weighted by Gasteiger charge is -2.22. The first-order valence-electron chi connectivity index (χ1n) is 7.29. The van der Waals surface area contributed by atoms with Crippen molar-refractivity contribution in [2.24, 2.45) is 0 Å². The quantitative estimate of drug-likeness (QED) is 0.910. The zero-order valence-corrected chi connectivity index (χ0v) is 13.2. The topological polar surface area (TPSA) is 47.0 Å². The van der Waals surface area contributed by atoms with Crippen molar-refractivity contribution in [3.05, 3.63) is 47.9 Å². The van der Waals surface area contributed by atoms with Crippen molar-refractivity contribution >= 4 is 0 Å². The lowest BCUT2D eigenvalue weighted by atomic mass is 9.86. The highest BCUT2D eigenvalue weighted by molar-refractivity contribution is 5.40. The van der Waals surface area contributed by atoms with E-state index in [1.54, 1.807) is 12.4 Å². The van der Waals surface area contributed by atoms with Crippen molar-refractivity contribution in [2.75, 3.05) is 6.54 Å². The molecule has 0 spiro atoms. The molecule has 0 saturated heterocycles. The van der Waals surface area contributed by atoms with E-state index < -0.39 is 0 Å². The van der Waals surface area contributed by atoms with Gasteiger partial charge >= 0.3 is 0 Å². The summed E-state index contributed by atoms with van der Waals surface area (Å²) in [7, 11) is 0. The SMILES string of the molecule is CCNCc1cncc(Oc2ccccc2C(C)(C)C)n1. The van der Waals surface area contributed by atoms with Crippen LogP contribution in [0.3, 0.4) is 0 Å². The van der Waals surface area contributed by atoms with Gasteiger partial charge in [0.1, 0.15) is 5.75 Å². The first kappa shape index (κ1) is 15.4. The van der Waals surface area contributed by atoms with Crippen molar-refractivity contribution in [2.45, 2.75) is 39.7 Å². The lowest BCUT2D eigenvalue weighted by molar-refractivity contribution is 0.435. The molecule has 0 atom stereocenters. The third-order valence-electron chi connectivity index (χ3n) is 3.13. The van der Waals surface area contributed by atoms with Gasteiger partial charge in [-0.15, -0.1) is 0 Å². The Morgan fingerprint density at radius 3 is 2.62 bits per heavy atom. The molecule has 1 N–H and O–H groups in total. The molecule has 0 aliphatic heterocycles. The predicted molar refractivity (Wildman–Crippen MR) is 84.6 cm³/mol. The third-order valence-corrected chi connectivity index (χ3v) is 3.13. The van der Waals surface area contributed by atoms with Gasteiger partial charge in [0.15, 0.2) is 0 Å². The zero-order chi connectivity index (χ0) is 15.3. The first-order valence-corrected chi connectivity index (χ1v) is 7.29. The van der Waals surface area contributed by atoms with Gasteiger partial charge in [0.25, 0.3) is 0 Å². The Labute approximate surface area is 126 Å². The van der Waals surface area contributed by atoms with Crippen molar-refractivity contribution in [3.63, 3.8) is 0 Å². The maximum Gasteiger partial charge on any atom is 0.238 e. The van der Waals surface area contributed by atoms with Crippen molar-refractivity contribution in [1.82, 2.24) is 15.3 Å². The largest absolute Gasteiger partial charge is 0.437 e. The number of benzene rings is 1. The van der Waals surface area contributed by atoms with Crippen LogP contribution in [0.4, 0.5) is 0 Å². The standard InChI is InChI=1S/C17H23N3O/c1-5-18-10-13-11-19-12-16(20-13)21-15-9-7-6-8-14(15)17(2,3)4/h6-9,11-12,18H,5,10H2,1-4H3. The molecular weight excluding hydrogens is 262 g/mol. The number of aromatic nitrogens is 2. The van der Waals surface area contributed by atoms with E-state index in [-0.39, 0.29) is 5.41 Å². The van der Waals surface area contributed by atoms with E-state index in [0.717, 1.165) is 23.6 Å². The average Bonchev–Trinajstić information content (AvgIpc) is 2.45. The van der Waals surface area contributed by atoms with E-state index in [2.05, 4.69) is 49.0 Å². The summed E-state index contributed by atoms with van der Waals surface area (Å²) in [5.41, 5.74) is 2.05. The van der Waals surface area contributed by atoms with E-state index in [1.165, 1.54) is 0 Å². The highest BCUT2D eigenvalue weighted by Crippen LogP contribution is 2.33. The summed E-state index contributed by atoms with van der Waals surface area (Å²) in [6.45, 7) is 10.2.